The van der Waals surface area contributed by atoms with Gasteiger partial charge in [-0.15, -0.1) is 5.10 Å². The fourth-order valence-corrected chi connectivity index (χ4v) is 1.82. The monoisotopic (exact) mass is 294 g/mol. The van der Waals surface area contributed by atoms with E-state index in [4.69, 9.17) is 10.5 Å². The SMILES string of the molecule is Nc1nc(OCc2ccccccccc2)c2nn[nH]c2n1. The molecule has 2 heterocycles. The van der Waals surface area contributed by atoms with Crippen LogP contribution in [0.3, 0.4) is 0 Å². The molecule has 0 aliphatic rings. The number of rotatable bonds is 3. The molecule has 22 heavy (non-hydrogen) atoms. The average molecular weight is 294 g/mol. The van der Waals surface area contributed by atoms with Crippen molar-refractivity contribution in [2.75, 3.05) is 5.73 Å². The van der Waals surface area contributed by atoms with Gasteiger partial charge in [0.2, 0.25) is 11.8 Å². The zero-order valence-electron chi connectivity index (χ0n) is 11.7. The van der Waals surface area contributed by atoms with Gasteiger partial charge in [-0.25, -0.2) is 5.10 Å². The number of aromatic nitrogens is 5. The van der Waals surface area contributed by atoms with Gasteiger partial charge < -0.3 is 10.5 Å². The molecular weight excluding hydrogens is 280 g/mol. The lowest BCUT2D eigenvalue weighted by Gasteiger charge is -2.05. The topological polar surface area (TPSA) is 103 Å². The predicted octanol–water partition coefficient (Wildman–Crippen LogP) is 2.03. The summed E-state index contributed by atoms with van der Waals surface area (Å²) in [6, 6.07) is 17.6. The molecule has 0 saturated carbocycles. The van der Waals surface area contributed by atoms with Crippen LogP contribution in [0.15, 0.2) is 54.6 Å². The summed E-state index contributed by atoms with van der Waals surface area (Å²) in [6.45, 7) is 0.330. The molecule has 0 aliphatic carbocycles. The summed E-state index contributed by atoms with van der Waals surface area (Å²) in [7, 11) is 0. The lowest BCUT2D eigenvalue weighted by atomic mass is 10.2. The van der Waals surface area contributed by atoms with Crippen molar-refractivity contribution < 1.29 is 4.74 Å². The van der Waals surface area contributed by atoms with Gasteiger partial charge in [0.15, 0.2) is 11.2 Å². The first-order chi connectivity index (χ1) is 10.8. The highest BCUT2D eigenvalue weighted by atomic mass is 16.5. The van der Waals surface area contributed by atoms with E-state index in [0.29, 0.717) is 23.7 Å². The Hall–Kier alpha value is -3.22. The highest BCUT2D eigenvalue weighted by Gasteiger charge is 2.10. The summed E-state index contributed by atoms with van der Waals surface area (Å²) < 4.78 is 5.72. The maximum absolute atomic E-state index is 5.72. The second-order valence-corrected chi connectivity index (χ2v) is 4.44. The van der Waals surface area contributed by atoms with Crippen LogP contribution in [0.1, 0.15) is 5.56 Å². The smallest absolute Gasteiger partial charge is 0.249 e. The predicted molar refractivity (Wildman–Crippen MR) is 82.3 cm³/mol. The van der Waals surface area contributed by atoms with Gasteiger partial charge >= 0.3 is 0 Å². The largest absolute Gasteiger partial charge is 0.471 e. The summed E-state index contributed by atoms with van der Waals surface area (Å²) in [5.74, 6) is 0.416. The molecule has 7 heteroatoms. The second kappa shape index (κ2) is 6.49. The van der Waals surface area contributed by atoms with Gasteiger partial charge in [0.25, 0.3) is 0 Å². The molecule has 110 valence electrons. The molecule has 0 aliphatic heterocycles. The Morgan fingerprint density at radius 2 is 1.64 bits per heavy atom. The highest BCUT2D eigenvalue weighted by molar-refractivity contribution is 5.75. The van der Waals surface area contributed by atoms with Gasteiger partial charge in [-0.2, -0.15) is 9.97 Å². The van der Waals surface area contributed by atoms with Crippen LogP contribution in [0.25, 0.3) is 11.2 Å². The minimum Gasteiger partial charge on any atom is -0.471 e. The number of aromatic amines is 1. The van der Waals surface area contributed by atoms with Gasteiger partial charge in [0.05, 0.1) is 0 Å². The number of hydrogen-bond donors (Lipinski definition) is 2. The molecular formula is C15H14N6O. The van der Waals surface area contributed by atoms with E-state index in [1.165, 1.54) is 0 Å². The van der Waals surface area contributed by atoms with Crippen molar-refractivity contribution >= 4 is 17.1 Å². The molecule has 2 aromatic heterocycles. The molecule has 0 radical (unpaired) electrons. The summed E-state index contributed by atoms with van der Waals surface area (Å²) >= 11 is 0. The van der Waals surface area contributed by atoms with Crippen molar-refractivity contribution in [2.24, 2.45) is 0 Å². The van der Waals surface area contributed by atoms with E-state index in [9.17, 15) is 0 Å². The third-order valence-electron chi connectivity index (χ3n) is 2.84. The van der Waals surface area contributed by atoms with Crippen molar-refractivity contribution in [1.82, 2.24) is 25.4 Å². The summed E-state index contributed by atoms with van der Waals surface area (Å²) in [4.78, 5) is 8.05. The van der Waals surface area contributed by atoms with Gasteiger partial charge in [0, 0.05) is 0 Å². The van der Waals surface area contributed by atoms with E-state index < -0.39 is 0 Å². The quantitative estimate of drug-likeness (QED) is 0.766. The Balaban J connectivity index is 1.86. The van der Waals surface area contributed by atoms with Crippen molar-refractivity contribution in [3.05, 3.63) is 60.2 Å². The summed E-state index contributed by atoms with van der Waals surface area (Å²) in [5, 5.41) is 10.2. The van der Waals surface area contributed by atoms with Crippen molar-refractivity contribution in [1.29, 1.82) is 0 Å². The molecule has 0 amide bonds. The van der Waals surface area contributed by atoms with Crippen LogP contribution in [0, 0.1) is 0 Å². The van der Waals surface area contributed by atoms with Crippen molar-refractivity contribution in [3.63, 3.8) is 0 Å². The number of fused-ring (bicyclic) bond motifs is 1. The summed E-state index contributed by atoms with van der Waals surface area (Å²) in [5.41, 5.74) is 7.52. The third kappa shape index (κ3) is 3.26. The molecule has 0 bridgehead atoms. The van der Waals surface area contributed by atoms with E-state index in [0.717, 1.165) is 5.56 Å². The van der Waals surface area contributed by atoms with Crippen LogP contribution >= 0.6 is 0 Å². The number of ether oxygens (including phenoxy) is 1. The molecule has 0 fully saturated rings. The van der Waals surface area contributed by atoms with Gasteiger partial charge in [-0.05, 0) is 5.56 Å². The Kier molecular flexibility index (Phi) is 4.05. The fraction of sp³-hybridized carbons (Fsp3) is 0.0667. The Morgan fingerprint density at radius 1 is 0.955 bits per heavy atom. The number of nitrogen functional groups attached to an aromatic ring is 1. The zero-order chi connectivity index (χ0) is 15.2. The van der Waals surface area contributed by atoms with Crippen LogP contribution in [-0.2, 0) is 6.61 Å². The van der Waals surface area contributed by atoms with Crippen molar-refractivity contribution in [2.45, 2.75) is 6.61 Å². The molecule has 3 aromatic rings. The normalized spacial score (nSPS) is 10.2. The van der Waals surface area contributed by atoms with Crippen molar-refractivity contribution in [3.8, 4) is 5.88 Å². The van der Waals surface area contributed by atoms with Gasteiger partial charge in [-0.1, -0.05) is 59.8 Å². The Morgan fingerprint density at radius 3 is 2.36 bits per heavy atom. The number of nitrogens with two attached hydrogens (primary N) is 1. The first-order valence-corrected chi connectivity index (χ1v) is 6.67. The molecule has 0 spiro atoms. The number of nitrogens with one attached hydrogen (secondary N) is 1. The van der Waals surface area contributed by atoms with Gasteiger partial charge in [0.1, 0.15) is 6.61 Å². The lowest BCUT2D eigenvalue weighted by molar-refractivity contribution is 0.297. The number of nitrogens with zero attached hydrogens (tertiary/aromatic N) is 4. The Bertz CT molecular complexity index is 806. The van der Waals surface area contributed by atoms with E-state index in [1.807, 2.05) is 54.6 Å². The molecule has 3 N–H and O–H groups in total. The van der Waals surface area contributed by atoms with E-state index >= 15 is 0 Å². The summed E-state index contributed by atoms with van der Waals surface area (Å²) in [6.07, 6.45) is 0. The molecule has 0 saturated heterocycles. The second-order valence-electron chi connectivity index (χ2n) is 4.44. The van der Waals surface area contributed by atoms with Crippen LogP contribution in [0.5, 0.6) is 5.88 Å². The highest BCUT2D eigenvalue weighted by Crippen LogP contribution is 2.19. The third-order valence-corrected chi connectivity index (χ3v) is 2.84. The fourth-order valence-electron chi connectivity index (χ4n) is 1.82. The first-order valence-electron chi connectivity index (χ1n) is 6.67. The first kappa shape index (κ1) is 13.7. The van der Waals surface area contributed by atoms with E-state index in [1.54, 1.807) is 0 Å². The maximum Gasteiger partial charge on any atom is 0.249 e. The lowest BCUT2D eigenvalue weighted by Crippen LogP contribution is -2.02. The number of H-pyrrole nitrogens is 1. The minimum atomic E-state index is 0.108. The molecule has 3 rings (SSSR count). The maximum atomic E-state index is 5.72. The van der Waals surface area contributed by atoms with Crippen LogP contribution in [0.2, 0.25) is 0 Å². The van der Waals surface area contributed by atoms with Crippen LogP contribution in [-0.4, -0.2) is 25.4 Å². The zero-order valence-corrected chi connectivity index (χ0v) is 11.7. The van der Waals surface area contributed by atoms with E-state index in [-0.39, 0.29) is 5.95 Å². The molecule has 1 aromatic carbocycles. The molecule has 7 nitrogen and oxygen atoms in total. The Labute approximate surface area is 126 Å². The van der Waals surface area contributed by atoms with Crippen LogP contribution in [0.4, 0.5) is 5.95 Å². The average Bonchev–Trinajstić information content (AvgIpc) is 2.99. The van der Waals surface area contributed by atoms with E-state index in [2.05, 4.69) is 25.4 Å². The molecule has 0 unspecified atom stereocenters. The minimum absolute atomic E-state index is 0.108. The van der Waals surface area contributed by atoms with Crippen LogP contribution < -0.4 is 10.5 Å². The number of hydrogen-bond acceptors (Lipinski definition) is 6. The standard InChI is InChI=1S/C15H14N6O/c16-15-17-13-12(19-21-20-13)14(18-15)22-10-11-8-6-4-2-1-3-5-7-9-11/h1-9H,10H2,(H3,16,17,18,19,20,21). The van der Waals surface area contributed by atoms with Gasteiger partial charge in [-0.3, -0.25) is 0 Å². The number of anilines is 1. The molecule has 0 atom stereocenters.